The van der Waals surface area contributed by atoms with E-state index in [2.05, 4.69) is 0 Å². The monoisotopic (exact) mass is 381 g/mol. The van der Waals surface area contributed by atoms with Gasteiger partial charge in [0.2, 0.25) is 12.3 Å². The first-order valence-corrected chi connectivity index (χ1v) is 6.94. The van der Waals surface area contributed by atoms with Crippen molar-refractivity contribution >= 4 is 11.8 Å². The second kappa shape index (κ2) is 8.53. The van der Waals surface area contributed by atoms with Crippen LogP contribution in [0, 0.1) is 5.82 Å². The maximum atomic E-state index is 12.8. The molecule has 0 aliphatic heterocycles. The van der Waals surface area contributed by atoms with Crippen molar-refractivity contribution < 1.29 is 40.3 Å². The molecule has 122 valence electrons. The van der Waals surface area contributed by atoms with Crippen LogP contribution in [0.5, 0.6) is 0 Å². The van der Waals surface area contributed by atoms with Gasteiger partial charge < -0.3 is 21.7 Å². The number of carbonyl (C=O) groups is 2. The van der Waals surface area contributed by atoms with Gasteiger partial charge in [0.05, 0.1) is 11.7 Å². The van der Waals surface area contributed by atoms with Gasteiger partial charge in [0, 0.05) is 17.7 Å². The smallest absolute Gasteiger partial charge is 0.338 e. The Morgan fingerprint density at radius 1 is 1.04 bits per heavy atom. The van der Waals surface area contributed by atoms with E-state index in [-0.39, 0.29) is 41.2 Å². The van der Waals surface area contributed by atoms with Gasteiger partial charge in [-0.05, 0) is 38.1 Å². The third-order valence-corrected chi connectivity index (χ3v) is 2.96. The number of ketones is 1. The van der Waals surface area contributed by atoms with Gasteiger partial charge in [-0.25, -0.2) is 9.18 Å². The van der Waals surface area contributed by atoms with Crippen LogP contribution in [-0.2, 0) is 11.3 Å². The summed E-state index contributed by atoms with van der Waals surface area (Å²) in [5.41, 5.74) is 0.872. The number of rotatable bonds is 5. The summed E-state index contributed by atoms with van der Waals surface area (Å²) in [7, 11) is 0. The first-order valence-electron chi connectivity index (χ1n) is 6.94. The summed E-state index contributed by atoms with van der Waals surface area (Å²) in [4.78, 5) is 23.8. The number of pyridine rings is 1. The first-order chi connectivity index (χ1) is 10.5. The molecule has 0 fully saturated rings. The average Bonchev–Trinajstić information content (AvgIpc) is 2.48. The molecule has 0 unspecified atom stereocenters. The number of halogens is 2. The van der Waals surface area contributed by atoms with Gasteiger partial charge in [-0.2, -0.15) is 4.57 Å². The van der Waals surface area contributed by atoms with Crippen LogP contribution in [0.15, 0.2) is 48.8 Å². The van der Waals surface area contributed by atoms with Gasteiger partial charge in [0.1, 0.15) is 5.82 Å². The highest BCUT2D eigenvalue weighted by Crippen LogP contribution is 2.05. The minimum atomic E-state index is -0.396. The Morgan fingerprint density at radius 2 is 1.61 bits per heavy atom. The van der Waals surface area contributed by atoms with Crippen molar-refractivity contribution in [2.75, 3.05) is 0 Å². The fourth-order valence-electron chi connectivity index (χ4n) is 1.87. The molecule has 0 atom stereocenters. The fourth-order valence-corrected chi connectivity index (χ4v) is 1.87. The summed E-state index contributed by atoms with van der Waals surface area (Å²) in [6.45, 7) is 3.68. The number of Topliss-reactive ketones (excluding diaryl/α,β-unsaturated/α-hetero) is 1. The molecule has 0 N–H and O–H groups in total. The van der Waals surface area contributed by atoms with Crippen molar-refractivity contribution in [1.29, 1.82) is 0 Å². The van der Waals surface area contributed by atoms with E-state index < -0.39 is 5.97 Å². The third-order valence-electron chi connectivity index (χ3n) is 2.96. The molecular weight excluding hydrogens is 365 g/mol. The number of hydrogen-bond donors (Lipinski definition) is 0. The van der Waals surface area contributed by atoms with Gasteiger partial charge >= 0.3 is 5.97 Å². The van der Waals surface area contributed by atoms with Crippen LogP contribution < -0.4 is 21.5 Å². The summed E-state index contributed by atoms with van der Waals surface area (Å²) in [6, 6.07) is 8.61. The number of nitrogens with zero attached hydrogens (tertiary/aromatic N) is 1. The minimum absolute atomic E-state index is 0. The zero-order chi connectivity index (χ0) is 16.1. The molecule has 1 aromatic heterocycles. The van der Waals surface area contributed by atoms with Crippen LogP contribution in [0.2, 0.25) is 0 Å². The molecule has 23 heavy (non-hydrogen) atoms. The van der Waals surface area contributed by atoms with Crippen LogP contribution in [-0.4, -0.2) is 17.9 Å². The molecule has 1 heterocycles. The highest BCUT2D eigenvalue weighted by Gasteiger charge is 2.14. The van der Waals surface area contributed by atoms with Crippen LogP contribution in [0.3, 0.4) is 0 Å². The molecule has 0 saturated carbocycles. The van der Waals surface area contributed by atoms with Crippen LogP contribution in [0.1, 0.15) is 34.6 Å². The van der Waals surface area contributed by atoms with Crippen LogP contribution in [0.4, 0.5) is 4.39 Å². The predicted molar refractivity (Wildman–Crippen MR) is 77.9 cm³/mol. The van der Waals surface area contributed by atoms with Crippen LogP contribution in [0.25, 0.3) is 0 Å². The fraction of sp³-hybridized carbons (Fsp3) is 0.235. The van der Waals surface area contributed by atoms with Gasteiger partial charge in [-0.1, -0.05) is 0 Å². The highest BCUT2D eigenvalue weighted by atomic mass is 79.9. The van der Waals surface area contributed by atoms with Crippen LogP contribution >= 0.6 is 0 Å². The zero-order valence-corrected chi connectivity index (χ0v) is 14.4. The summed E-state index contributed by atoms with van der Waals surface area (Å²) in [5.74, 6) is -0.910. The average molecular weight is 382 g/mol. The molecule has 2 rings (SSSR count). The predicted octanol–water partition coefficient (Wildman–Crippen LogP) is -0.435. The molecule has 0 saturated heterocycles. The van der Waals surface area contributed by atoms with Crippen molar-refractivity contribution in [2.24, 2.45) is 0 Å². The molecule has 0 aliphatic carbocycles. The summed E-state index contributed by atoms with van der Waals surface area (Å²) >= 11 is 0. The van der Waals surface area contributed by atoms with E-state index in [4.69, 9.17) is 4.74 Å². The molecule has 0 bridgehead atoms. The summed E-state index contributed by atoms with van der Waals surface area (Å²) < 4.78 is 19.6. The molecular formula is C17H17BrFNO3. The summed E-state index contributed by atoms with van der Waals surface area (Å²) in [6.07, 6.45) is 3.09. The molecule has 2 aromatic rings. The lowest BCUT2D eigenvalue weighted by Crippen LogP contribution is -3.00. The van der Waals surface area contributed by atoms with Gasteiger partial charge in [0.25, 0.3) is 0 Å². The van der Waals surface area contributed by atoms with Crippen molar-refractivity contribution in [3.63, 3.8) is 0 Å². The van der Waals surface area contributed by atoms with Crippen molar-refractivity contribution in [1.82, 2.24) is 0 Å². The second-order valence-electron chi connectivity index (χ2n) is 5.14. The molecule has 0 amide bonds. The molecule has 1 aromatic carbocycles. The first kappa shape index (κ1) is 19.0. The van der Waals surface area contributed by atoms with Gasteiger partial charge in [-0.3, -0.25) is 4.79 Å². The SMILES string of the molecule is CC(C)OC(=O)c1cc[n+](CC(=O)c2ccc(F)cc2)cc1.[Br-]. The van der Waals surface area contributed by atoms with E-state index in [1.807, 2.05) is 0 Å². The number of carbonyl (C=O) groups excluding carboxylic acids is 2. The number of esters is 1. The highest BCUT2D eigenvalue weighted by molar-refractivity contribution is 5.95. The maximum Gasteiger partial charge on any atom is 0.338 e. The van der Waals surface area contributed by atoms with E-state index in [1.165, 1.54) is 24.3 Å². The Kier molecular flexibility index (Phi) is 7.03. The lowest BCUT2D eigenvalue weighted by Gasteiger charge is -2.06. The van der Waals surface area contributed by atoms with E-state index in [1.54, 1.807) is 42.9 Å². The largest absolute Gasteiger partial charge is 1.00 e. The normalized spacial score (nSPS) is 10.1. The second-order valence-corrected chi connectivity index (χ2v) is 5.14. The maximum absolute atomic E-state index is 12.8. The Hall–Kier alpha value is -2.08. The van der Waals surface area contributed by atoms with Crippen molar-refractivity contribution in [3.8, 4) is 0 Å². The summed E-state index contributed by atoms with van der Waals surface area (Å²) in [5, 5.41) is 0. The lowest BCUT2D eigenvalue weighted by atomic mass is 10.1. The molecule has 0 aliphatic rings. The topological polar surface area (TPSA) is 47.2 Å². The standard InChI is InChI=1S/C17H17FNO3.BrH/c1-12(2)22-17(21)14-7-9-19(10-8-14)11-16(20)13-3-5-15(18)6-4-13;/h3-10,12H,11H2,1-2H3;1H/q+1;/p-1. The van der Waals surface area contributed by atoms with Gasteiger partial charge in [0.15, 0.2) is 12.4 Å². The van der Waals surface area contributed by atoms with E-state index in [9.17, 15) is 14.0 Å². The number of benzene rings is 1. The molecule has 6 heteroatoms. The Balaban J connectivity index is 0.00000264. The molecule has 0 radical (unpaired) electrons. The Morgan fingerprint density at radius 3 is 2.13 bits per heavy atom. The zero-order valence-electron chi connectivity index (χ0n) is 12.8. The van der Waals surface area contributed by atoms with Crippen molar-refractivity contribution in [3.05, 3.63) is 65.7 Å². The number of aromatic nitrogens is 1. The number of ether oxygens (including phenoxy) is 1. The minimum Gasteiger partial charge on any atom is -1.00 e. The van der Waals surface area contributed by atoms with E-state index >= 15 is 0 Å². The Labute approximate surface area is 144 Å². The lowest BCUT2D eigenvalue weighted by molar-refractivity contribution is -0.683. The van der Waals surface area contributed by atoms with E-state index in [0.29, 0.717) is 11.1 Å². The number of hydrogen-bond acceptors (Lipinski definition) is 3. The van der Waals surface area contributed by atoms with Gasteiger partial charge in [-0.15, -0.1) is 0 Å². The van der Waals surface area contributed by atoms with Crippen molar-refractivity contribution in [2.45, 2.75) is 26.5 Å². The third kappa shape index (κ3) is 5.56. The molecule has 0 spiro atoms. The quantitative estimate of drug-likeness (QED) is 0.401. The molecule has 4 nitrogen and oxygen atoms in total. The van der Waals surface area contributed by atoms with E-state index in [0.717, 1.165) is 0 Å². The Bertz CT molecular complexity index is 669.